The van der Waals surface area contributed by atoms with Gasteiger partial charge in [0.15, 0.2) is 0 Å². The molecule has 0 amide bonds. The topological polar surface area (TPSA) is 0 Å². The van der Waals surface area contributed by atoms with Crippen LogP contribution in [0.25, 0.3) is 39.0 Å². The summed E-state index contributed by atoms with van der Waals surface area (Å²) in [5, 5.41) is 6.05. The van der Waals surface area contributed by atoms with Crippen LogP contribution in [-0.2, 0) is 10.8 Å². The van der Waals surface area contributed by atoms with Gasteiger partial charge in [-0.1, -0.05) is 173 Å². The zero-order valence-electron chi connectivity index (χ0n) is 31.6. The lowest BCUT2D eigenvalue weighted by atomic mass is 9.70. The van der Waals surface area contributed by atoms with Crippen molar-refractivity contribution in [3.63, 3.8) is 0 Å². The molecular weight excluding hydrogens is 653 g/mol. The Labute approximate surface area is 314 Å². The van der Waals surface area contributed by atoms with E-state index in [1.165, 1.54) is 93.9 Å². The number of allylic oxidation sites excluding steroid dienone is 4. The molecule has 5 aliphatic rings. The number of benzene rings is 6. The van der Waals surface area contributed by atoms with E-state index in [-0.39, 0.29) is 16.7 Å². The molecule has 0 spiro atoms. The molecule has 6 aromatic carbocycles. The Bertz CT molecular complexity index is 2830. The fourth-order valence-electron chi connectivity index (χ4n) is 11.2. The lowest BCUT2D eigenvalue weighted by Gasteiger charge is -2.36. The molecule has 1 unspecified atom stereocenters. The van der Waals surface area contributed by atoms with Gasteiger partial charge < -0.3 is 0 Å². The average Bonchev–Trinajstić information content (AvgIpc) is 3.65. The first kappa shape index (κ1) is 31.3. The summed E-state index contributed by atoms with van der Waals surface area (Å²) < 4.78 is 0. The first-order valence-electron chi connectivity index (χ1n) is 19.5. The summed E-state index contributed by atoms with van der Waals surface area (Å²) in [5.41, 5.74) is 21.2. The molecule has 0 aromatic heterocycles. The van der Waals surface area contributed by atoms with Crippen LogP contribution in [0.4, 0.5) is 0 Å². The Morgan fingerprint density at radius 3 is 1.68 bits per heavy atom. The molecule has 11 rings (SSSR count). The summed E-state index contributed by atoms with van der Waals surface area (Å²) in [6.45, 7) is 14.8. The molecule has 0 saturated carbocycles. The summed E-state index contributed by atoms with van der Waals surface area (Å²) in [7, 11) is -1.86. The minimum Gasteiger partial charge on any atom is -0.0674 e. The molecular formula is C52H44Si. The molecule has 0 nitrogen and oxygen atoms in total. The number of rotatable bonds is 2. The Morgan fingerprint density at radius 2 is 1.02 bits per heavy atom. The van der Waals surface area contributed by atoms with Crippen molar-refractivity contribution in [2.75, 3.05) is 0 Å². The molecule has 0 N–H and O–H groups in total. The van der Waals surface area contributed by atoms with Gasteiger partial charge in [0.1, 0.15) is 8.07 Å². The van der Waals surface area contributed by atoms with Gasteiger partial charge in [-0.15, -0.1) is 0 Å². The van der Waals surface area contributed by atoms with Gasteiger partial charge in [-0.2, -0.15) is 0 Å². The normalized spacial score (nSPS) is 20.0. The number of hydrogen-bond donors (Lipinski definition) is 0. The van der Waals surface area contributed by atoms with Crippen molar-refractivity contribution in [1.82, 2.24) is 0 Å². The van der Waals surface area contributed by atoms with Gasteiger partial charge in [-0.25, -0.2) is 0 Å². The van der Waals surface area contributed by atoms with Gasteiger partial charge in [-0.3, -0.25) is 0 Å². The van der Waals surface area contributed by atoms with E-state index < -0.39 is 8.07 Å². The minimum atomic E-state index is -1.86. The average molecular weight is 697 g/mol. The van der Waals surface area contributed by atoms with E-state index in [4.69, 9.17) is 0 Å². The Morgan fingerprint density at radius 1 is 0.509 bits per heavy atom. The second-order valence-corrected chi connectivity index (χ2v) is 22.0. The molecule has 6 aromatic rings. The van der Waals surface area contributed by atoms with Crippen LogP contribution in [0.3, 0.4) is 0 Å². The van der Waals surface area contributed by atoms with Gasteiger partial charge in [0.2, 0.25) is 0 Å². The third-order valence-electron chi connectivity index (χ3n) is 13.9. The van der Waals surface area contributed by atoms with Crippen LogP contribution in [0.5, 0.6) is 0 Å². The van der Waals surface area contributed by atoms with Crippen molar-refractivity contribution in [3.05, 3.63) is 200 Å². The van der Waals surface area contributed by atoms with Gasteiger partial charge in [-0.05, 0) is 118 Å². The van der Waals surface area contributed by atoms with Crippen LogP contribution in [0.1, 0.15) is 73.1 Å². The van der Waals surface area contributed by atoms with Gasteiger partial charge in [0, 0.05) is 16.7 Å². The summed E-state index contributed by atoms with van der Waals surface area (Å²) in [4.78, 5) is 0. The molecule has 1 atom stereocenters. The van der Waals surface area contributed by atoms with Crippen molar-refractivity contribution >= 4 is 30.0 Å². The second kappa shape index (κ2) is 10.5. The monoisotopic (exact) mass is 696 g/mol. The summed E-state index contributed by atoms with van der Waals surface area (Å²) >= 11 is 0. The maximum atomic E-state index is 2.65. The van der Waals surface area contributed by atoms with E-state index in [1.54, 1.807) is 10.4 Å². The van der Waals surface area contributed by atoms with E-state index in [1.807, 2.05) is 0 Å². The Balaban J connectivity index is 1.21. The van der Waals surface area contributed by atoms with Gasteiger partial charge >= 0.3 is 0 Å². The maximum Gasteiger partial charge on any atom is 0.109 e. The van der Waals surface area contributed by atoms with Crippen LogP contribution in [0.15, 0.2) is 150 Å². The van der Waals surface area contributed by atoms with Crippen molar-refractivity contribution in [2.24, 2.45) is 5.92 Å². The quantitative estimate of drug-likeness (QED) is 0.158. The van der Waals surface area contributed by atoms with Crippen molar-refractivity contribution < 1.29 is 0 Å². The van der Waals surface area contributed by atoms with Gasteiger partial charge in [0.25, 0.3) is 0 Å². The highest BCUT2D eigenvalue weighted by molar-refractivity contribution is 6.98. The maximum absolute atomic E-state index is 2.65. The number of hydrogen-bond acceptors (Lipinski definition) is 0. The molecule has 0 saturated heterocycles. The summed E-state index contributed by atoms with van der Waals surface area (Å²) in [5.74, 6) is 0.267. The first-order chi connectivity index (χ1) is 25.6. The standard InChI is InChI=1S/C52H44Si/c1-51(2)43-20-12-9-15-33(43)35-25-23-31(27-45(35)51)49-38-18-7-8-19-39(38)50(32-24-26-36-34-16-10-13-21-44(34)52(3,4)46(36)28-32)42-30-48-40(29-41(42)49)37-17-11-14-22-47(37)53(48,5)6/h7-29,42H,30H2,1-6H3. The minimum absolute atomic E-state index is 0.0499. The van der Waals surface area contributed by atoms with Crippen LogP contribution in [0, 0.1) is 5.92 Å². The SMILES string of the molecule is CC1(C)c2ccccc2-c2ccc(C3=c4ccccc4=C(c4ccc5c(c4)C(C)(C)c4ccccc4-5)C4CC5=C(C=C34)c3ccccc3[Si]5(C)C)cc21. The summed E-state index contributed by atoms with van der Waals surface area (Å²) in [6, 6.07) is 51.5. The molecule has 53 heavy (non-hydrogen) atoms. The molecule has 256 valence electrons. The molecule has 0 bridgehead atoms. The van der Waals surface area contributed by atoms with Crippen LogP contribution in [-0.4, -0.2) is 8.07 Å². The first-order valence-corrected chi connectivity index (χ1v) is 22.5. The molecule has 4 aliphatic carbocycles. The van der Waals surface area contributed by atoms with Gasteiger partial charge in [0.05, 0.1) is 0 Å². The third kappa shape index (κ3) is 4.01. The second-order valence-electron chi connectivity index (χ2n) is 17.6. The van der Waals surface area contributed by atoms with E-state index in [0.717, 1.165) is 6.42 Å². The zero-order valence-corrected chi connectivity index (χ0v) is 32.6. The highest BCUT2D eigenvalue weighted by Gasteiger charge is 2.45. The van der Waals surface area contributed by atoms with Crippen LogP contribution >= 0.6 is 0 Å². The smallest absolute Gasteiger partial charge is 0.0674 e. The summed E-state index contributed by atoms with van der Waals surface area (Å²) in [6.07, 6.45) is 3.72. The molecule has 1 aliphatic heterocycles. The van der Waals surface area contributed by atoms with Crippen molar-refractivity contribution in [2.45, 2.75) is 58.0 Å². The molecule has 1 heterocycles. The highest BCUT2D eigenvalue weighted by Crippen LogP contribution is 2.54. The van der Waals surface area contributed by atoms with E-state index in [2.05, 4.69) is 180 Å². The zero-order chi connectivity index (χ0) is 36.0. The predicted molar refractivity (Wildman–Crippen MR) is 225 cm³/mol. The molecule has 0 fully saturated rings. The number of fused-ring (bicyclic) bond motifs is 10. The predicted octanol–water partition coefficient (Wildman–Crippen LogP) is 10.6. The highest BCUT2D eigenvalue weighted by atomic mass is 28.3. The van der Waals surface area contributed by atoms with E-state index >= 15 is 0 Å². The van der Waals surface area contributed by atoms with Crippen molar-refractivity contribution in [1.29, 1.82) is 0 Å². The van der Waals surface area contributed by atoms with E-state index in [0.29, 0.717) is 0 Å². The lowest BCUT2D eigenvalue weighted by molar-refractivity contribution is 0.659. The largest absolute Gasteiger partial charge is 0.109 e. The molecule has 1 heteroatoms. The molecule has 0 radical (unpaired) electrons. The van der Waals surface area contributed by atoms with Crippen LogP contribution < -0.4 is 15.6 Å². The van der Waals surface area contributed by atoms with Crippen molar-refractivity contribution in [3.8, 4) is 22.3 Å². The van der Waals surface area contributed by atoms with E-state index in [9.17, 15) is 0 Å². The third-order valence-corrected chi connectivity index (χ3v) is 17.7. The Kier molecular flexibility index (Phi) is 6.18. The fraction of sp³-hybridized carbons (Fsp3) is 0.192. The fourth-order valence-corrected chi connectivity index (χ4v) is 14.5. The van der Waals surface area contributed by atoms with Crippen LogP contribution in [0.2, 0.25) is 13.1 Å². The Hall–Kier alpha value is -5.24. The lowest BCUT2D eigenvalue weighted by Crippen LogP contribution is -2.43.